The molecule has 3 unspecified atom stereocenters. The molecule has 0 radical (unpaired) electrons. The zero-order chi connectivity index (χ0) is 13.3. The SMILES string of the molecule is CCC1CCN(C2CCOC3(CCC3)C2)C(CN)C1. The summed E-state index contributed by atoms with van der Waals surface area (Å²) in [6.45, 7) is 5.39. The number of ether oxygens (including phenoxy) is 1. The second-order valence-electron chi connectivity index (χ2n) is 6.96. The maximum absolute atomic E-state index is 6.08. The minimum Gasteiger partial charge on any atom is -0.375 e. The van der Waals surface area contributed by atoms with Crippen LogP contribution in [-0.2, 0) is 4.74 Å². The summed E-state index contributed by atoms with van der Waals surface area (Å²) < 4.78 is 6.08. The fourth-order valence-electron chi connectivity index (χ4n) is 4.44. The van der Waals surface area contributed by atoms with Gasteiger partial charge < -0.3 is 10.5 Å². The molecule has 0 aromatic heterocycles. The van der Waals surface area contributed by atoms with Gasteiger partial charge in [0.25, 0.3) is 0 Å². The van der Waals surface area contributed by atoms with Gasteiger partial charge in [-0.1, -0.05) is 13.3 Å². The Morgan fingerprint density at radius 1 is 1.32 bits per heavy atom. The van der Waals surface area contributed by atoms with E-state index in [4.69, 9.17) is 10.5 Å². The largest absolute Gasteiger partial charge is 0.375 e. The monoisotopic (exact) mass is 266 g/mol. The van der Waals surface area contributed by atoms with Crippen molar-refractivity contribution in [3.05, 3.63) is 0 Å². The summed E-state index contributed by atoms with van der Waals surface area (Å²) in [5, 5.41) is 0. The molecule has 3 fully saturated rings. The highest BCUT2D eigenvalue weighted by Gasteiger charge is 2.45. The molecule has 3 atom stereocenters. The summed E-state index contributed by atoms with van der Waals surface area (Å²) in [5.41, 5.74) is 6.33. The van der Waals surface area contributed by atoms with Crippen LogP contribution in [0.2, 0.25) is 0 Å². The van der Waals surface area contributed by atoms with Crippen molar-refractivity contribution in [2.45, 2.75) is 76.0 Å². The van der Waals surface area contributed by atoms with E-state index >= 15 is 0 Å². The number of nitrogens with zero attached hydrogens (tertiary/aromatic N) is 1. The highest BCUT2D eigenvalue weighted by Crippen LogP contribution is 2.44. The van der Waals surface area contributed by atoms with Crippen molar-refractivity contribution in [1.29, 1.82) is 0 Å². The van der Waals surface area contributed by atoms with Crippen LogP contribution in [0.1, 0.15) is 58.3 Å². The van der Waals surface area contributed by atoms with Gasteiger partial charge in [0.05, 0.1) is 5.60 Å². The lowest BCUT2D eigenvalue weighted by molar-refractivity contribution is -0.154. The summed E-state index contributed by atoms with van der Waals surface area (Å²) >= 11 is 0. The van der Waals surface area contributed by atoms with Crippen LogP contribution >= 0.6 is 0 Å². The second kappa shape index (κ2) is 5.71. The van der Waals surface area contributed by atoms with E-state index in [0.717, 1.165) is 25.1 Å². The lowest BCUT2D eigenvalue weighted by Gasteiger charge is -2.52. The third-order valence-electron chi connectivity index (χ3n) is 5.92. The Morgan fingerprint density at radius 2 is 2.16 bits per heavy atom. The normalized spacial score (nSPS) is 39.2. The van der Waals surface area contributed by atoms with Gasteiger partial charge in [-0.15, -0.1) is 0 Å². The van der Waals surface area contributed by atoms with Crippen LogP contribution in [-0.4, -0.2) is 42.3 Å². The molecule has 110 valence electrons. The molecule has 3 heteroatoms. The van der Waals surface area contributed by atoms with Gasteiger partial charge in [-0.05, 0) is 57.4 Å². The van der Waals surface area contributed by atoms with Crippen molar-refractivity contribution in [3.8, 4) is 0 Å². The fourth-order valence-corrected chi connectivity index (χ4v) is 4.44. The highest BCUT2D eigenvalue weighted by atomic mass is 16.5. The van der Waals surface area contributed by atoms with Gasteiger partial charge in [0.1, 0.15) is 0 Å². The van der Waals surface area contributed by atoms with Crippen molar-refractivity contribution in [2.75, 3.05) is 19.7 Å². The van der Waals surface area contributed by atoms with Crippen LogP contribution in [0.3, 0.4) is 0 Å². The van der Waals surface area contributed by atoms with Crippen molar-refractivity contribution >= 4 is 0 Å². The minimum atomic E-state index is 0.268. The van der Waals surface area contributed by atoms with Crippen molar-refractivity contribution in [2.24, 2.45) is 11.7 Å². The number of rotatable bonds is 3. The lowest BCUT2D eigenvalue weighted by atomic mass is 9.73. The Labute approximate surface area is 117 Å². The second-order valence-corrected chi connectivity index (χ2v) is 6.96. The summed E-state index contributed by atoms with van der Waals surface area (Å²) in [6.07, 6.45) is 10.4. The van der Waals surface area contributed by atoms with E-state index in [1.165, 1.54) is 57.9 Å². The third kappa shape index (κ3) is 2.70. The molecule has 19 heavy (non-hydrogen) atoms. The number of hydrogen-bond donors (Lipinski definition) is 1. The van der Waals surface area contributed by atoms with Crippen LogP contribution in [0.15, 0.2) is 0 Å². The van der Waals surface area contributed by atoms with Gasteiger partial charge in [-0.3, -0.25) is 4.90 Å². The van der Waals surface area contributed by atoms with Gasteiger partial charge >= 0.3 is 0 Å². The smallest absolute Gasteiger partial charge is 0.0697 e. The maximum Gasteiger partial charge on any atom is 0.0697 e. The average molecular weight is 266 g/mol. The van der Waals surface area contributed by atoms with Crippen molar-refractivity contribution in [1.82, 2.24) is 4.90 Å². The quantitative estimate of drug-likeness (QED) is 0.853. The Morgan fingerprint density at radius 3 is 2.79 bits per heavy atom. The third-order valence-corrected chi connectivity index (χ3v) is 5.92. The van der Waals surface area contributed by atoms with Crippen molar-refractivity contribution < 1.29 is 4.74 Å². The molecule has 0 amide bonds. The molecule has 3 nitrogen and oxygen atoms in total. The summed E-state index contributed by atoms with van der Waals surface area (Å²) in [5.74, 6) is 0.905. The molecule has 0 aromatic carbocycles. The zero-order valence-electron chi connectivity index (χ0n) is 12.4. The molecule has 2 saturated heterocycles. The molecule has 2 heterocycles. The molecule has 1 aliphatic carbocycles. The lowest BCUT2D eigenvalue weighted by Crippen LogP contribution is -2.57. The molecule has 1 saturated carbocycles. The number of nitrogens with two attached hydrogens (primary N) is 1. The van der Waals surface area contributed by atoms with E-state index in [1.807, 2.05) is 0 Å². The van der Waals surface area contributed by atoms with Crippen LogP contribution in [0.25, 0.3) is 0 Å². The molecule has 3 aliphatic rings. The van der Waals surface area contributed by atoms with Gasteiger partial charge in [0.2, 0.25) is 0 Å². The Kier molecular flexibility index (Phi) is 4.16. The Hall–Kier alpha value is -0.120. The predicted octanol–water partition coefficient (Wildman–Crippen LogP) is 2.54. The van der Waals surface area contributed by atoms with E-state index in [0.29, 0.717) is 6.04 Å². The van der Waals surface area contributed by atoms with E-state index in [2.05, 4.69) is 11.8 Å². The highest BCUT2D eigenvalue weighted by molar-refractivity contribution is 4.98. The first-order valence-corrected chi connectivity index (χ1v) is 8.36. The summed E-state index contributed by atoms with van der Waals surface area (Å²) in [6, 6.07) is 1.36. The number of piperidine rings is 1. The number of hydrogen-bond acceptors (Lipinski definition) is 3. The Bertz CT molecular complexity index is 303. The topological polar surface area (TPSA) is 38.5 Å². The fraction of sp³-hybridized carbons (Fsp3) is 1.00. The van der Waals surface area contributed by atoms with Crippen LogP contribution in [0, 0.1) is 5.92 Å². The summed E-state index contributed by atoms with van der Waals surface area (Å²) in [7, 11) is 0. The Balaban J connectivity index is 1.63. The summed E-state index contributed by atoms with van der Waals surface area (Å²) in [4.78, 5) is 2.74. The standard InChI is InChI=1S/C16H30N2O/c1-2-13-4-8-18(15(10-13)12-17)14-5-9-19-16(11-14)6-3-7-16/h13-15H,2-12,17H2,1H3. The van der Waals surface area contributed by atoms with Crippen molar-refractivity contribution in [3.63, 3.8) is 0 Å². The first-order valence-electron chi connectivity index (χ1n) is 8.36. The molecule has 1 spiro atoms. The zero-order valence-corrected chi connectivity index (χ0v) is 12.4. The molecule has 0 bridgehead atoms. The van der Waals surface area contributed by atoms with Gasteiger partial charge in [0, 0.05) is 25.2 Å². The van der Waals surface area contributed by atoms with E-state index in [1.54, 1.807) is 0 Å². The molecule has 2 N–H and O–H groups in total. The van der Waals surface area contributed by atoms with Crippen LogP contribution in [0.4, 0.5) is 0 Å². The van der Waals surface area contributed by atoms with Gasteiger partial charge in [-0.2, -0.15) is 0 Å². The molecule has 3 rings (SSSR count). The first-order chi connectivity index (χ1) is 9.26. The number of likely N-dealkylation sites (tertiary alicyclic amines) is 1. The van der Waals surface area contributed by atoms with E-state index in [-0.39, 0.29) is 5.60 Å². The van der Waals surface area contributed by atoms with Gasteiger partial charge in [-0.25, -0.2) is 0 Å². The molecular formula is C16H30N2O. The molecular weight excluding hydrogens is 236 g/mol. The van der Waals surface area contributed by atoms with Crippen LogP contribution < -0.4 is 5.73 Å². The molecule has 0 aromatic rings. The first kappa shape index (κ1) is 13.8. The van der Waals surface area contributed by atoms with Crippen LogP contribution in [0.5, 0.6) is 0 Å². The minimum absolute atomic E-state index is 0.268. The maximum atomic E-state index is 6.08. The van der Waals surface area contributed by atoms with E-state index < -0.39 is 0 Å². The van der Waals surface area contributed by atoms with Gasteiger partial charge in [0.15, 0.2) is 0 Å². The average Bonchev–Trinajstić information content (AvgIpc) is 2.45. The van der Waals surface area contributed by atoms with E-state index in [9.17, 15) is 0 Å². The molecule has 2 aliphatic heterocycles. The predicted molar refractivity (Wildman–Crippen MR) is 78.1 cm³/mol.